The molecule has 2 atom stereocenters. The normalized spacial score (nSPS) is 15.2. The summed E-state index contributed by atoms with van der Waals surface area (Å²) in [6, 6.07) is 0. The topological polar surface area (TPSA) is 0 Å². The third-order valence-corrected chi connectivity index (χ3v) is 7.55. The molecule has 0 aliphatic heterocycles. The van der Waals surface area contributed by atoms with Gasteiger partial charge in [-0.3, -0.25) is 0 Å². The Bertz CT molecular complexity index is 118. The number of rotatable bonds is 10. The third-order valence-electron chi connectivity index (χ3n) is 1.58. The molecule has 7 heteroatoms. The molecule has 92 valence electrons. The average Bonchev–Trinajstić information content (AvgIpc) is 2.28. The van der Waals surface area contributed by atoms with E-state index < -0.39 is 0 Å². The zero-order valence-corrected chi connectivity index (χ0v) is 14.4. The van der Waals surface area contributed by atoms with Crippen molar-refractivity contribution in [1.29, 1.82) is 0 Å². The van der Waals surface area contributed by atoms with Gasteiger partial charge in [-0.2, -0.15) is 85.8 Å². The van der Waals surface area contributed by atoms with E-state index in [1.165, 1.54) is 0 Å². The van der Waals surface area contributed by atoms with Crippen LogP contribution in [0.3, 0.4) is 0 Å². The van der Waals surface area contributed by atoms with E-state index in [2.05, 4.69) is 50.5 Å². The van der Waals surface area contributed by atoms with Gasteiger partial charge in [0, 0.05) is 43.7 Å². The standard InChI is InChI=1S/C8H18S7/c9-1-7(3-13-5-11)15-8(2-10)4-14-6-12/h7-12H,1-6H2. The van der Waals surface area contributed by atoms with Crippen LogP contribution < -0.4 is 0 Å². The summed E-state index contributed by atoms with van der Waals surface area (Å²) in [5.74, 6) is 4.13. The highest BCUT2D eigenvalue weighted by Crippen LogP contribution is 2.26. The highest BCUT2D eigenvalue weighted by atomic mass is 32.2. The lowest BCUT2D eigenvalue weighted by atomic mass is 10.5. The van der Waals surface area contributed by atoms with Gasteiger partial charge in [-0.05, 0) is 0 Å². The van der Waals surface area contributed by atoms with Crippen LogP contribution in [0.5, 0.6) is 0 Å². The Balaban J connectivity index is 3.77. The van der Waals surface area contributed by atoms with Crippen LogP contribution in [0.1, 0.15) is 0 Å². The summed E-state index contributed by atoms with van der Waals surface area (Å²) < 4.78 is 0. The minimum Gasteiger partial charge on any atom is -0.178 e. The largest absolute Gasteiger partial charge is 0.178 e. The molecule has 15 heavy (non-hydrogen) atoms. The molecule has 0 aromatic heterocycles. The predicted octanol–water partition coefficient (Wildman–Crippen LogP) is 3.56. The molecule has 0 spiro atoms. The third kappa shape index (κ3) is 10.1. The molecular formula is C8H18S7. The summed E-state index contributed by atoms with van der Waals surface area (Å²) in [5, 5.41) is 3.01. The fourth-order valence-electron chi connectivity index (χ4n) is 0.911. The zero-order valence-electron chi connectivity index (χ0n) is 8.41. The Hall–Kier alpha value is 2.45. The van der Waals surface area contributed by atoms with Crippen molar-refractivity contribution in [1.82, 2.24) is 0 Å². The SMILES string of the molecule is SCSCC(CS)SC(CS)CSCS. The minimum atomic E-state index is 0.614. The maximum absolute atomic E-state index is 4.39. The van der Waals surface area contributed by atoms with Crippen molar-refractivity contribution in [2.45, 2.75) is 10.5 Å². The molecule has 0 aromatic carbocycles. The van der Waals surface area contributed by atoms with Crippen LogP contribution in [-0.2, 0) is 0 Å². The second-order valence-electron chi connectivity index (χ2n) is 2.75. The van der Waals surface area contributed by atoms with Gasteiger partial charge in [-0.25, -0.2) is 0 Å². The Kier molecular flexibility index (Phi) is 15.0. The summed E-state index contributed by atoms with van der Waals surface area (Å²) >= 11 is 22.9. The van der Waals surface area contributed by atoms with Gasteiger partial charge in [0.25, 0.3) is 0 Å². The first-order valence-corrected chi connectivity index (χ1v) is 10.3. The van der Waals surface area contributed by atoms with Crippen LogP contribution in [0, 0.1) is 0 Å². The van der Waals surface area contributed by atoms with Crippen molar-refractivity contribution in [3.05, 3.63) is 0 Å². The first kappa shape index (κ1) is 17.4. The lowest BCUT2D eigenvalue weighted by molar-refractivity contribution is 1.09. The number of hydrogen-bond acceptors (Lipinski definition) is 7. The average molecular weight is 339 g/mol. The van der Waals surface area contributed by atoms with Crippen molar-refractivity contribution in [3.63, 3.8) is 0 Å². The molecule has 0 saturated heterocycles. The summed E-state index contributed by atoms with van der Waals surface area (Å²) in [5.41, 5.74) is 0. The summed E-state index contributed by atoms with van der Waals surface area (Å²) in [6.07, 6.45) is 0. The highest BCUT2D eigenvalue weighted by Gasteiger charge is 2.14. The van der Waals surface area contributed by atoms with E-state index >= 15 is 0 Å². The van der Waals surface area contributed by atoms with Crippen molar-refractivity contribution >= 4 is 85.8 Å². The molecule has 0 aliphatic rings. The van der Waals surface area contributed by atoms with Gasteiger partial charge in [0.05, 0.1) is 0 Å². The zero-order chi connectivity index (χ0) is 11.5. The van der Waals surface area contributed by atoms with Gasteiger partial charge in [0.1, 0.15) is 0 Å². The summed E-state index contributed by atoms with van der Waals surface area (Å²) in [4.78, 5) is 0. The molecule has 0 saturated carbocycles. The van der Waals surface area contributed by atoms with Gasteiger partial charge < -0.3 is 0 Å². The number of thiol groups is 4. The van der Waals surface area contributed by atoms with Gasteiger partial charge >= 0.3 is 0 Å². The second kappa shape index (κ2) is 12.9. The van der Waals surface area contributed by atoms with Crippen LogP contribution in [0.15, 0.2) is 0 Å². The molecule has 0 fully saturated rings. The first-order valence-electron chi connectivity index (χ1n) is 4.52. The maximum atomic E-state index is 4.39. The van der Waals surface area contributed by atoms with Crippen molar-refractivity contribution in [3.8, 4) is 0 Å². The van der Waals surface area contributed by atoms with Gasteiger partial charge in [0.15, 0.2) is 0 Å². The van der Waals surface area contributed by atoms with Crippen molar-refractivity contribution < 1.29 is 0 Å². The molecule has 0 radical (unpaired) electrons. The van der Waals surface area contributed by atoms with Gasteiger partial charge in [-0.15, -0.1) is 0 Å². The molecule has 0 aliphatic carbocycles. The molecular weight excluding hydrogens is 321 g/mol. The lowest BCUT2D eigenvalue weighted by Crippen LogP contribution is -2.18. The Morgan fingerprint density at radius 3 is 1.40 bits per heavy atom. The van der Waals surface area contributed by atoms with Crippen molar-refractivity contribution in [2.75, 3.05) is 33.2 Å². The molecule has 0 bridgehead atoms. The molecule has 0 amide bonds. The smallest absolute Gasteiger partial charge is 0.0362 e. The lowest BCUT2D eigenvalue weighted by Gasteiger charge is -2.20. The van der Waals surface area contributed by atoms with E-state index in [-0.39, 0.29) is 0 Å². The fraction of sp³-hybridized carbons (Fsp3) is 1.00. The van der Waals surface area contributed by atoms with E-state index in [9.17, 15) is 0 Å². The van der Waals surface area contributed by atoms with Crippen LogP contribution in [-0.4, -0.2) is 43.7 Å². The Labute approximate surface area is 128 Å². The molecule has 2 unspecified atom stereocenters. The highest BCUT2D eigenvalue weighted by molar-refractivity contribution is 8.11. The number of thioether (sulfide) groups is 3. The van der Waals surface area contributed by atoms with E-state index in [4.69, 9.17) is 0 Å². The van der Waals surface area contributed by atoms with E-state index in [1.54, 1.807) is 0 Å². The Morgan fingerprint density at radius 1 is 0.733 bits per heavy atom. The van der Waals surface area contributed by atoms with Gasteiger partial charge in [0.2, 0.25) is 0 Å². The van der Waals surface area contributed by atoms with Crippen LogP contribution >= 0.6 is 85.8 Å². The molecule has 0 heterocycles. The first-order chi connectivity index (χ1) is 7.28. The maximum Gasteiger partial charge on any atom is 0.0362 e. The molecule has 0 aromatic rings. The van der Waals surface area contributed by atoms with E-state index in [1.807, 2.05) is 35.3 Å². The van der Waals surface area contributed by atoms with Crippen LogP contribution in [0.2, 0.25) is 0 Å². The molecule has 0 nitrogen and oxygen atoms in total. The monoisotopic (exact) mass is 338 g/mol. The van der Waals surface area contributed by atoms with Crippen LogP contribution in [0.25, 0.3) is 0 Å². The van der Waals surface area contributed by atoms with Crippen LogP contribution in [0.4, 0.5) is 0 Å². The van der Waals surface area contributed by atoms with Crippen molar-refractivity contribution in [2.24, 2.45) is 0 Å². The summed E-state index contributed by atoms with van der Waals surface area (Å²) in [6.45, 7) is 0. The van der Waals surface area contributed by atoms with Gasteiger partial charge in [-0.1, -0.05) is 0 Å². The fourth-order valence-corrected chi connectivity index (χ4v) is 5.56. The summed E-state index contributed by atoms with van der Waals surface area (Å²) in [7, 11) is 0. The number of hydrogen-bond donors (Lipinski definition) is 4. The minimum absolute atomic E-state index is 0.614. The molecule has 0 N–H and O–H groups in total. The molecule has 0 rings (SSSR count). The second-order valence-corrected chi connectivity index (χ2v) is 8.63. The predicted molar refractivity (Wildman–Crippen MR) is 95.5 cm³/mol. The van der Waals surface area contributed by atoms with E-state index in [0.717, 1.165) is 33.2 Å². The quantitative estimate of drug-likeness (QED) is 0.355. The Morgan fingerprint density at radius 2 is 1.13 bits per heavy atom. The van der Waals surface area contributed by atoms with E-state index in [0.29, 0.717) is 10.5 Å².